The molecule has 5 heteroatoms. The van der Waals surface area contributed by atoms with Crippen LogP contribution in [-0.4, -0.2) is 12.0 Å². The Morgan fingerprint density at radius 1 is 1.47 bits per heavy atom. The summed E-state index contributed by atoms with van der Waals surface area (Å²) in [7, 11) is 1.68. The van der Waals surface area contributed by atoms with Crippen molar-refractivity contribution in [2.75, 3.05) is 7.05 Å². The molecule has 1 N–H and O–H groups in total. The zero-order valence-electron chi connectivity index (χ0n) is 8.87. The van der Waals surface area contributed by atoms with Crippen molar-refractivity contribution in [1.29, 1.82) is 0 Å². The number of rotatable bonds is 3. The predicted molar refractivity (Wildman–Crippen MR) is 55.1 cm³/mol. The molecular weight excluding hydrogens is 199 g/mol. The van der Waals surface area contributed by atoms with Gasteiger partial charge >= 0.3 is 5.69 Å². The van der Waals surface area contributed by atoms with Crippen LogP contribution in [0.5, 0.6) is 0 Å². The third-order valence-corrected chi connectivity index (χ3v) is 2.47. The van der Waals surface area contributed by atoms with E-state index < -0.39 is 22.0 Å². The highest BCUT2D eigenvalue weighted by molar-refractivity contribution is 5.39. The average molecular weight is 212 g/mol. The van der Waals surface area contributed by atoms with Crippen LogP contribution in [0, 0.1) is 15.9 Å². The summed E-state index contributed by atoms with van der Waals surface area (Å²) in [6.07, 6.45) is 0. The van der Waals surface area contributed by atoms with Gasteiger partial charge in [-0.2, -0.15) is 4.39 Å². The van der Waals surface area contributed by atoms with E-state index in [1.807, 2.05) is 0 Å². The van der Waals surface area contributed by atoms with Crippen LogP contribution in [0.4, 0.5) is 10.1 Å². The van der Waals surface area contributed by atoms with Crippen molar-refractivity contribution in [2.45, 2.75) is 19.4 Å². The van der Waals surface area contributed by atoms with Crippen LogP contribution in [0.25, 0.3) is 0 Å². The second-order valence-corrected chi connectivity index (χ2v) is 3.77. The zero-order chi connectivity index (χ0) is 11.6. The summed E-state index contributed by atoms with van der Waals surface area (Å²) in [6.45, 7) is 3.52. The third kappa shape index (κ3) is 2.12. The van der Waals surface area contributed by atoms with E-state index >= 15 is 0 Å². The van der Waals surface area contributed by atoms with Gasteiger partial charge in [0.15, 0.2) is 0 Å². The molecule has 1 aromatic rings. The Bertz CT molecular complexity index is 391. The van der Waals surface area contributed by atoms with Crippen LogP contribution in [0.3, 0.4) is 0 Å². The molecule has 82 valence electrons. The van der Waals surface area contributed by atoms with Gasteiger partial charge in [-0.1, -0.05) is 12.1 Å². The lowest BCUT2D eigenvalue weighted by atomic mass is 9.93. The van der Waals surface area contributed by atoms with Crippen molar-refractivity contribution in [3.05, 3.63) is 39.7 Å². The summed E-state index contributed by atoms with van der Waals surface area (Å²) < 4.78 is 13.7. The monoisotopic (exact) mass is 212 g/mol. The number of hydrogen-bond acceptors (Lipinski definition) is 3. The Morgan fingerprint density at radius 3 is 2.53 bits per heavy atom. The molecule has 0 aliphatic carbocycles. The Hall–Kier alpha value is -1.49. The number of nitrogens with one attached hydrogen (secondary N) is 1. The maximum absolute atomic E-state index is 13.7. The van der Waals surface area contributed by atoms with Gasteiger partial charge in [0.2, 0.25) is 5.82 Å². The van der Waals surface area contributed by atoms with Crippen LogP contribution < -0.4 is 5.32 Å². The molecule has 0 saturated heterocycles. The van der Waals surface area contributed by atoms with Gasteiger partial charge in [0.05, 0.1) is 4.92 Å². The van der Waals surface area contributed by atoms with E-state index in [-0.39, 0.29) is 0 Å². The summed E-state index contributed by atoms with van der Waals surface area (Å²) in [5.74, 6) is -0.776. The highest BCUT2D eigenvalue weighted by Gasteiger charge is 2.27. The maximum Gasteiger partial charge on any atom is 0.305 e. The van der Waals surface area contributed by atoms with Gasteiger partial charge in [-0.3, -0.25) is 10.1 Å². The number of nitrogens with zero attached hydrogens (tertiary/aromatic N) is 1. The summed E-state index contributed by atoms with van der Waals surface area (Å²) in [4.78, 5) is 9.82. The van der Waals surface area contributed by atoms with Gasteiger partial charge in [0.25, 0.3) is 0 Å². The molecule has 1 rings (SSSR count). The Kier molecular flexibility index (Phi) is 3.04. The van der Waals surface area contributed by atoms with Crippen LogP contribution in [0.1, 0.15) is 19.4 Å². The molecule has 0 atom stereocenters. The second kappa shape index (κ2) is 3.94. The number of nitro benzene ring substituents is 1. The van der Waals surface area contributed by atoms with Gasteiger partial charge < -0.3 is 5.32 Å². The fraction of sp³-hybridized carbons (Fsp3) is 0.400. The molecule has 15 heavy (non-hydrogen) atoms. The molecule has 1 aromatic carbocycles. The first-order valence-corrected chi connectivity index (χ1v) is 4.52. The van der Waals surface area contributed by atoms with Crippen molar-refractivity contribution in [3.63, 3.8) is 0 Å². The molecule has 0 aliphatic rings. The zero-order valence-corrected chi connectivity index (χ0v) is 8.87. The summed E-state index contributed by atoms with van der Waals surface area (Å²) in [5.41, 5.74) is -0.828. The van der Waals surface area contributed by atoms with E-state index in [2.05, 4.69) is 5.32 Å². The van der Waals surface area contributed by atoms with E-state index in [4.69, 9.17) is 0 Å². The SMILES string of the molecule is CNC(C)(C)c1cccc([N+](=O)[O-])c1F. The molecule has 0 aromatic heterocycles. The fourth-order valence-electron chi connectivity index (χ4n) is 1.28. The highest BCUT2D eigenvalue weighted by Crippen LogP contribution is 2.28. The van der Waals surface area contributed by atoms with Crippen molar-refractivity contribution >= 4 is 5.69 Å². The molecule has 0 spiro atoms. The lowest BCUT2D eigenvalue weighted by Gasteiger charge is -2.24. The standard InChI is InChI=1S/C10H13FN2O2/c1-10(2,12-3)7-5-4-6-8(9(7)11)13(14)15/h4-6,12H,1-3H3. The van der Waals surface area contributed by atoms with Crippen LogP contribution in [0.2, 0.25) is 0 Å². The average Bonchev–Trinajstić information content (AvgIpc) is 2.17. The number of nitro groups is 1. The van der Waals surface area contributed by atoms with Gasteiger partial charge in [-0.15, -0.1) is 0 Å². The van der Waals surface area contributed by atoms with Gasteiger partial charge in [-0.05, 0) is 20.9 Å². The summed E-state index contributed by atoms with van der Waals surface area (Å²) >= 11 is 0. The molecule has 0 bridgehead atoms. The summed E-state index contributed by atoms with van der Waals surface area (Å²) in [6, 6.07) is 4.18. The molecule has 0 radical (unpaired) electrons. The lowest BCUT2D eigenvalue weighted by molar-refractivity contribution is -0.387. The number of hydrogen-bond donors (Lipinski definition) is 1. The summed E-state index contributed by atoms with van der Waals surface area (Å²) in [5, 5.41) is 13.4. The fourth-order valence-corrected chi connectivity index (χ4v) is 1.28. The molecule has 0 aliphatic heterocycles. The Morgan fingerprint density at radius 2 is 2.07 bits per heavy atom. The smallest absolute Gasteiger partial charge is 0.305 e. The maximum atomic E-state index is 13.7. The van der Waals surface area contributed by atoms with Gasteiger partial charge in [0, 0.05) is 17.2 Å². The van der Waals surface area contributed by atoms with E-state index in [1.165, 1.54) is 6.07 Å². The molecule has 0 fully saturated rings. The minimum absolute atomic E-state index is 0.291. The van der Waals surface area contributed by atoms with E-state index in [1.54, 1.807) is 27.0 Å². The molecule has 0 amide bonds. The highest BCUT2D eigenvalue weighted by atomic mass is 19.1. The first-order valence-electron chi connectivity index (χ1n) is 4.52. The van der Waals surface area contributed by atoms with Crippen LogP contribution in [0.15, 0.2) is 18.2 Å². The van der Waals surface area contributed by atoms with Crippen molar-refractivity contribution < 1.29 is 9.31 Å². The minimum Gasteiger partial charge on any atom is -0.311 e. The predicted octanol–water partition coefficient (Wildman–Crippen LogP) is 2.19. The van der Waals surface area contributed by atoms with Gasteiger partial charge in [-0.25, -0.2) is 0 Å². The second-order valence-electron chi connectivity index (χ2n) is 3.77. The van der Waals surface area contributed by atoms with Crippen molar-refractivity contribution in [2.24, 2.45) is 0 Å². The number of benzene rings is 1. The van der Waals surface area contributed by atoms with Crippen LogP contribution in [-0.2, 0) is 5.54 Å². The number of halogens is 1. The largest absolute Gasteiger partial charge is 0.311 e. The van der Waals surface area contributed by atoms with Crippen LogP contribution >= 0.6 is 0 Å². The van der Waals surface area contributed by atoms with E-state index in [0.717, 1.165) is 6.07 Å². The molecule has 0 unspecified atom stereocenters. The van der Waals surface area contributed by atoms with E-state index in [0.29, 0.717) is 5.56 Å². The molecule has 0 saturated carbocycles. The van der Waals surface area contributed by atoms with Crippen molar-refractivity contribution in [1.82, 2.24) is 5.32 Å². The first-order chi connectivity index (χ1) is 6.90. The first kappa shape index (κ1) is 11.6. The lowest BCUT2D eigenvalue weighted by Crippen LogP contribution is -2.34. The molecular formula is C10H13FN2O2. The van der Waals surface area contributed by atoms with E-state index in [9.17, 15) is 14.5 Å². The Balaban J connectivity index is 3.33. The quantitative estimate of drug-likeness (QED) is 0.617. The molecule has 4 nitrogen and oxygen atoms in total. The minimum atomic E-state index is -0.776. The Labute approximate surface area is 87.3 Å². The third-order valence-electron chi connectivity index (χ3n) is 2.47. The molecule has 0 heterocycles. The van der Waals surface area contributed by atoms with Gasteiger partial charge in [0.1, 0.15) is 0 Å². The normalized spacial score (nSPS) is 11.5. The van der Waals surface area contributed by atoms with Crippen molar-refractivity contribution in [3.8, 4) is 0 Å². The topological polar surface area (TPSA) is 55.2 Å².